The van der Waals surface area contributed by atoms with Crippen LogP contribution in [0, 0.1) is 0 Å². The van der Waals surface area contributed by atoms with E-state index in [1.807, 2.05) is 6.08 Å². The van der Waals surface area contributed by atoms with Crippen molar-refractivity contribution in [3.8, 4) is 0 Å². The molecule has 2 unspecified atom stereocenters. The number of unbranched alkanes of at least 4 members (excludes halogenated alkanes) is 28. The first-order chi connectivity index (χ1) is 26.3. The molecule has 1 heterocycles. The number of hydrogen-bond acceptors (Lipinski definition) is 8. The third kappa shape index (κ3) is 26.7. The summed E-state index contributed by atoms with van der Waals surface area (Å²) in [6.07, 6.45) is 33.9. The first kappa shape index (κ1) is 50.9. The quantitative estimate of drug-likeness (QED) is 0.0269. The third-order valence-corrected chi connectivity index (χ3v) is 11.1. The predicted molar refractivity (Wildman–Crippen MR) is 221 cm³/mol. The number of aliphatic hydroxyl groups is 5. The van der Waals surface area contributed by atoms with Gasteiger partial charge in [0.25, 0.3) is 0 Å². The van der Waals surface area contributed by atoms with E-state index in [1.165, 1.54) is 154 Å². The molecule has 1 fully saturated rings. The van der Waals surface area contributed by atoms with Crippen LogP contribution in [0.2, 0.25) is 0 Å². The fourth-order valence-electron chi connectivity index (χ4n) is 7.39. The number of aliphatic hydroxyl groups excluding tert-OH is 5. The van der Waals surface area contributed by atoms with Crippen LogP contribution in [0.4, 0.5) is 0 Å². The lowest BCUT2D eigenvalue weighted by Gasteiger charge is -2.40. The molecular weight excluding hydrogens is 682 g/mol. The Labute approximate surface area is 331 Å². The average molecular weight is 770 g/mol. The lowest BCUT2D eigenvalue weighted by Crippen LogP contribution is -2.60. The molecule has 0 radical (unpaired) electrons. The summed E-state index contributed by atoms with van der Waals surface area (Å²) in [4.78, 5) is 12.9. The van der Waals surface area contributed by atoms with E-state index in [9.17, 15) is 30.3 Å². The normalized spacial score (nSPS) is 21.5. The minimum atomic E-state index is -1.56. The number of rotatable bonds is 38. The molecule has 0 aromatic rings. The van der Waals surface area contributed by atoms with Crippen molar-refractivity contribution in [2.24, 2.45) is 0 Å². The largest absolute Gasteiger partial charge is 0.394 e. The fourth-order valence-corrected chi connectivity index (χ4v) is 7.39. The van der Waals surface area contributed by atoms with Gasteiger partial charge in [-0.1, -0.05) is 199 Å². The van der Waals surface area contributed by atoms with Gasteiger partial charge in [0.05, 0.1) is 25.4 Å². The summed E-state index contributed by atoms with van der Waals surface area (Å²) < 4.78 is 11.2. The van der Waals surface area contributed by atoms with E-state index in [0.717, 1.165) is 38.5 Å². The molecule has 1 saturated heterocycles. The first-order valence-corrected chi connectivity index (χ1v) is 22.9. The van der Waals surface area contributed by atoms with Crippen LogP contribution >= 0.6 is 0 Å². The van der Waals surface area contributed by atoms with Crippen LogP contribution in [0.25, 0.3) is 0 Å². The monoisotopic (exact) mass is 770 g/mol. The maximum Gasteiger partial charge on any atom is 0.220 e. The highest BCUT2D eigenvalue weighted by molar-refractivity contribution is 5.76. The molecule has 1 aliphatic rings. The summed E-state index contributed by atoms with van der Waals surface area (Å²) in [6, 6.07) is -0.797. The van der Waals surface area contributed by atoms with Gasteiger partial charge in [-0.05, 0) is 19.3 Å². The maximum absolute atomic E-state index is 12.9. The Balaban J connectivity index is 2.35. The predicted octanol–water partition coefficient (Wildman–Crippen LogP) is 9.34. The van der Waals surface area contributed by atoms with Gasteiger partial charge in [-0.2, -0.15) is 0 Å². The third-order valence-electron chi connectivity index (χ3n) is 11.1. The second-order valence-electron chi connectivity index (χ2n) is 16.2. The number of amides is 1. The highest BCUT2D eigenvalue weighted by Crippen LogP contribution is 2.23. The van der Waals surface area contributed by atoms with Crippen LogP contribution in [0.1, 0.15) is 213 Å². The van der Waals surface area contributed by atoms with Crippen LogP contribution in [-0.4, -0.2) is 87.5 Å². The Morgan fingerprint density at radius 1 is 0.611 bits per heavy atom. The molecular formula is C45H87NO8. The zero-order valence-electron chi connectivity index (χ0n) is 35.0. The van der Waals surface area contributed by atoms with Crippen molar-refractivity contribution in [3.05, 3.63) is 12.2 Å². The second-order valence-corrected chi connectivity index (χ2v) is 16.2. The molecule has 7 atom stereocenters. The summed E-state index contributed by atoms with van der Waals surface area (Å²) in [5, 5.41) is 54.1. The van der Waals surface area contributed by atoms with Crippen molar-refractivity contribution in [2.75, 3.05) is 13.2 Å². The molecule has 1 rings (SSSR count). The van der Waals surface area contributed by atoms with Gasteiger partial charge in [0.1, 0.15) is 24.4 Å². The molecule has 0 aromatic heterocycles. The molecule has 1 amide bonds. The van der Waals surface area contributed by atoms with E-state index in [0.29, 0.717) is 6.42 Å². The summed E-state index contributed by atoms with van der Waals surface area (Å²) >= 11 is 0. The first-order valence-electron chi connectivity index (χ1n) is 22.9. The van der Waals surface area contributed by atoms with Crippen LogP contribution < -0.4 is 5.32 Å². The Morgan fingerprint density at radius 3 is 1.44 bits per heavy atom. The summed E-state index contributed by atoms with van der Waals surface area (Å²) in [5.74, 6) is -0.174. The number of allylic oxidation sites excluding steroid dienone is 1. The van der Waals surface area contributed by atoms with Crippen molar-refractivity contribution >= 4 is 5.91 Å². The van der Waals surface area contributed by atoms with E-state index < -0.39 is 49.5 Å². The Bertz CT molecular complexity index is 858. The van der Waals surface area contributed by atoms with Crippen molar-refractivity contribution in [1.29, 1.82) is 0 Å². The summed E-state index contributed by atoms with van der Waals surface area (Å²) in [5.41, 5.74) is 0. The van der Waals surface area contributed by atoms with E-state index in [1.54, 1.807) is 6.08 Å². The van der Waals surface area contributed by atoms with E-state index in [2.05, 4.69) is 19.2 Å². The van der Waals surface area contributed by atoms with E-state index in [-0.39, 0.29) is 12.5 Å². The van der Waals surface area contributed by atoms with E-state index >= 15 is 0 Å². The van der Waals surface area contributed by atoms with Gasteiger partial charge in [0.2, 0.25) is 5.91 Å². The Kier molecular flexibility index (Phi) is 34.2. The summed E-state index contributed by atoms with van der Waals surface area (Å²) in [6.45, 7) is 3.78. The minimum absolute atomic E-state index is 0.174. The molecule has 0 saturated carbocycles. The van der Waals surface area contributed by atoms with Crippen molar-refractivity contribution in [2.45, 2.75) is 256 Å². The molecule has 0 bridgehead atoms. The number of carbonyl (C=O) groups excluding carboxylic acids is 1. The van der Waals surface area contributed by atoms with Gasteiger partial charge in [-0.3, -0.25) is 4.79 Å². The van der Waals surface area contributed by atoms with Crippen LogP contribution in [0.5, 0.6) is 0 Å². The number of nitrogens with one attached hydrogen (secondary N) is 1. The molecule has 320 valence electrons. The Morgan fingerprint density at radius 2 is 1.02 bits per heavy atom. The van der Waals surface area contributed by atoms with Crippen LogP contribution in [-0.2, 0) is 14.3 Å². The van der Waals surface area contributed by atoms with Gasteiger partial charge in [0.15, 0.2) is 6.29 Å². The van der Waals surface area contributed by atoms with Crippen LogP contribution in [0.15, 0.2) is 12.2 Å². The molecule has 0 aliphatic carbocycles. The smallest absolute Gasteiger partial charge is 0.220 e. The van der Waals surface area contributed by atoms with E-state index in [4.69, 9.17) is 9.47 Å². The maximum atomic E-state index is 12.9. The molecule has 9 heteroatoms. The lowest BCUT2D eigenvalue weighted by atomic mass is 9.99. The zero-order chi connectivity index (χ0) is 39.5. The lowest BCUT2D eigenvalue weighted by molar-refractivity contribution is -0.302. The van der Waals surface area contributed by atoms with Gasteiger partial charge in [0, 0.05) is 6.42 Å². The summed E-state index contributed by atoms with van der Waals surface area (Å²) in [7, 11) is 0. The standard InChI is InChI=1S/C45H87NO8/c1-3-5-7-9-11-13-15-17-19-20-21-23-25-27-29-31-33-35-41(49)46-38(37-53-45-44(52)43(51)42(50)40(36-47)54-45)39(48)34-32-30-28-26-24-22-18-16-14-12-10-8-6-4-2/h32,34,38-40,42-45,47-48,50-52H,3-31,33,35-37H2,1-2H3,(H,46,49)/b34-32+/t38-,39+,40-,42-,43?,44?,45-/m0/s1. The molecule has 6 N–H and O–H groups in total. The van der Waals surface area contributed by atoms with Gasteiger partial charge in [-0.15, -0.1) is 0 Å². The SMILES string of the molecule is CCCCCCCCCCCCCC/C=C/[C@@H](O)[C@H](CO[C@H]1O[C@@H](CO)[C@H](O)C(O)C1O)NC(=O)CCCCCCCCCCCCCCCCCCC. The molecule has 0 spiro atoms. The average Bonchev–Trinajstić information content (AvgIpc) is 3.17. The number of carbonyl (C=O) groups is 1. The zero-order valence-corrected chi connectivity index (χ0v) is 35.0. The van der Waals surface area contributed by atoms with Crippen LogP contribution in [0.3, 0.4) is 0 Å². The molecule has 0 aromatic carbocycles. The molecule has 54 heavy (non-hydrogen) atoms. The molecule has 1 aliphatic heterocycles. The van der Waals surface area contributed by atoms with Gasteiger partial charge < -0.3 is 40.3 Å². The minimum Gasteiger partial charge on any atom is -0.394 e. The highest BCUT2D eigenvalue weighted by atomic mass is 16.7. The number of hydrogen-bond donors (Lipinski definition) is 6. The van der Waals surface area contributed by atoms with Crippen molar-refractivity contribution < 1.29 is 39.8 Å². The van der Waals surface area contributed by atoms with Crippen molar-refractivity contribution in [1.82, 2.24) is 5.32 Å². The number of ether oxygens (including phenoxy) is 2. The fraction of sp³-hybridized carbons (Fsp3) is 0.933. The van der Waals surface area contributed by atoms with Gasteiger partial charge in [-0.25, -0.2) is 0 Å². The van der Waals surface area contributed by atoms with Gasteiger partial charge >= 0.3 is 0 Å². The van der Waals surface area contributed by atoms with Crippen molar-refractivity contribution in [3.63, 3.8) is 0 Å². The molecule has 9 nitrogen and oxygen atoms in total. The topological polar surface area (TPSA) is 149 Å². The Hall–Kier alpha value is -1.07. The second kappa shape index (κ2) is 36.3. The highest BCUT2D eigenvalue weighted by Gasteiger charge is 2.44.